The molecular weight excluding hydrogens is 417 g/mol. The van der Waals surface area contributed by atoms with E-state index in [1.807, 2.05) is 36.4 Å². The highest BCUT2D eigenvalue weighted by atomic mass is 79.9. The van der Waals surface area contributed by atoms with Gasteiger partial charge in [-0.3, -0.25) is 0 Å². The summed E-state index contributed by atoms with van der Waals surface area (Å²) in [5.41, 5.74) is 8.20. The van der Waals surface area contributed by atoms with E-state index in [0.717, 1.165) is 32.2 Å². The van der Waals surface area contributed by atoms with Gasteiger partial charge in [0, 0.05) is 9.50 Å². The first-order chi connectivity index (χ1) is 10.0. The summed E-state index contributed by atoms with van der Waals surface area (Å²) in [5, 5.41) is 0.652. The SMILES string of the molecule is CCCOc1ccc(C(N)c2ccc(Br)cc2Cl)cc1Br. The van der Waals surface area contributed by atoms with Gasteiger partial charge in [-0.1, -0.05) is 46.6 Å². The first kappa shape index (κ1) is 16.8. The average Bonchev–Trinajstić information content (AvgIpc) is 2.45. The average molecular weight is 434 g/mol. The van der Waals surface area contributed by atoms with Crippen LogP contribution in [-0.2, 0) is 0 Å². The summed E-state index contributed by atoms with van der Waals surface area (Å²) in [6.07, 6.45) is 0.974. The zero-order valence-corrected chi connectivity index (χ0v) is 15.5. The molecule has 0 aliphatic heterocycles. The van der Waals surface area contributed by atoms with E-state index >= 15 is 0 Å². The highest BCUT2D eigenvalue weighted by Crippen LogP contribution is 2.33. The van der Waals surface area contributed by atoms with Crippen molar-refractivity contribution in [2.24, 2.45) is 5.73 Å². The van der Waals surface area contributed by atoms with Crippen LogP contribution in [0.15, 0.2) is 45.3 Å². The van der Waals surface area contributed by atoms with Crippen LogP contribution >= 0.6 is 43.5 Å². The summed E-state index contributed by atoms with van der Waals surface area (Å²) < 4.78 is 7.48. The molecule has 2 aromatic carbocycles. The van der Waals surface area contributed by atoms with Gasteiger partial charge in [-0.2, -0.15) is 0 Å². The zero-order valence-electron chi connectivity index (χ0n) is 11.6. The number of ether oxygens (including phenoxy) is 1. The third kappa shape index (κ3) is 4.22. The van der Waals surface area contributed by atoms with Crippen LogP contribution in [0.3, 0.4) is 0 Å². The maximum atomic E-state index is 6.32. The van der Waals surface area contributed by atoms with Crippen molar-refractivity contribution < 1.29 is 4.74 Å². The van der Waals surface area contributed by atoms with Crippen LogP contribution in [0, 0.1) is 0 Å². The summed E-state index contributed by atoms with van der Waals surface area (Å²) in [6, 6.07) is 11.3. The lowest BCUT2D eigenvalue weighted by molar-refractivity contribution is 0.315. The van der Waals surface area contributed by atoms with Gasteiger partial charge in [0.1, 0.15) is 5.75 Å². The van der Waals surface area contributed by atoms with Crippen LogP contribution in [0.4, 0.5) is 0 Å². The van der Waals surface area contributed by atoms with Crippen molar-refractivity contribution in [1.82, 2.24) is 0 Å². The lowest BCUT2D eigenvalue weighted by atomic mass is 9.99. The Hall–Kier alpha value is -0.550. The molecule has 21 heavy (non-hydrogen) atoms. The van der Waals surface area contributed by atoms with Crippen molar-refractivity contribution in [2.45, 2.75) is 19.4 Å². The van der Waals surface area contributed by atoms with E-state index in [1.54, 1.807) is 0 Å². The van der Waals surface area contributed by atoms with Gasteiger partial charge in [-0.05, 0) is 57.7 Å². The Morgan fingerprint density at radius 1 is 1.19 bits per heavy atom. The predicted octanol–water partition coefficient (Wildman–Crippen LogP) is 5.70. The maximum Gasteiger partial charge on any atom is 0.133 e. The molecule has 2 rings (SSSR count). The summed E-state index contributed by atoms with van der Waals surface area (Å²) in [6.45, 7) is 2.77. The Balaban J connectivity index is 2.27. The Morgan fingerprint density at radius 3 is 2.57 bits per heavy atom. The fourth-order valence-electron chi connectivity index (χ4n) is 1.97. The number of benzene rings is 2. The molecule has 0 heterocycles. The molecular formula is C16H16Br2ClNO. The van der Waals surface area contributed by atoms with Gasteiger partial charge >= 0.3 is 0 Å². The van der Waals surface area contributed by atoms with Gasteiger partial charge in [0.2, 0.25) is 0 Å². The van der Waals surface area contributed by atoms with Crippen molar-refractivity contribution in [3.63, 3.8) is 0 Å². The lowest BCUT2D eigenvalue weighted by Gasteiger charge is -2.16. The summed E-state index contributed by atoms with van der Waals surface area (Å²) in [5.74, 6) is 0.828. The smallest absolute Gasteiger partial charge is 0.133 e. The van der Waals surface area contributed by atoms with E-state index in [2.05, 4.69) is 38.8 Å². The van der Waals surface area contributed by atoms with E-state index in [9.17, 15) is 0 Å². The van der Waals surface area contributed by atoms with E-state index in [-0.39, 0.29) is 6.04 Å². The number of nitrogens with two attached hydrogens (primary N) is 1. The maximum absolute atomic E-state index is 6.32. The molecule has 0 spiro atoms. The molecule has 0 saturated carbocycles. The number of halogens is 3. The third-order valence-electron chi connectivity index (χ3n) is 3.07. The first-order valence-electron chi connectivity index (χ1n) is 6.65. The van der Waals surface area contributed by atoms with Gasteiger partial charge < -0.3 is 10.5 Å². The number of hydrogen-bond acceptors (Lipinski definition) is 2. The second kappa shape index (κ2) is 7.63. The van der Waals surface area contributed by atoms with Gasteiger partial charge in [-0.25, -0.2) is 0 Å². The van der Waals surface area contributed by atoms with Crippen LogP contribution in [-0.4, -0.2) is 6.61 Å². The summed E-state index contributed by atoms with van der Waals surface area (Å²) in [7, 11) is 0. The summed E-state index contributed by atoms with van der Waals surface area (Å²) >= 11 is 13.2. The van der Waals surface area contributed by atoms with E-state index < -0.39 is 0 Å². The predicted molar refractivity (Wildman–Crippen MR) is 95.1 cm³/mol. The molecule has 0 bridgehead atoms. The molecule has 5 heteroatoms. The molecule has 1 atom stereocenters. The van der Waals surface area contributed by atoms with Crippen LogP contribution < -0.4 is 10.5 Å². The largest absolute Gasteiger partial charge is 0.492 e. The third-order valence-corrected chi connectivity index (χ3v) is 4.51. The fourth-order valence-corrected chi connectivity index (χ4v) is 3.27. The van der Waals surface area contributed by atoms with Crippen molar-refractivity contribution in [1.29, 1.82) is 0 Å². The lowest BCUT2D eigenvalue weighted by Crippen LogP contribution is -2.12. The molecule has 2 N–H and O–H groups in total. The standard InChI is InChI=1S/C16H16Br2ClNO/c1-2-7-21-15-6-3-10(8-13(15)18)16(20)12-5-4-11(17)9-14(12)19/h3-6,8-9,16H,2,7,20H2,1H3. The van der Waals surface area contributed by atoms with Crippen LogP contribution in [0.1, 0.15) is 30.5 Å². The molecule has 0 fully saturated rings. The molecule has 0 aromatic heterocycles. The normalized spacial score (nSPS) is 12.2. The van der Waals surface area contributed by atoms with Crippen molar-refractivity contribution in [2.75, 3.05) is 6.61 Å². The van der Waals surface area contributed by atoms with Crippen molar-refractivity contribution >= 4 is 43.5 Å². The quantitative estimate of drug-likeness (QED) is 0.656. The highest BCUT2D eigenvalue weighted by molar-refractivity contribution is 9.10. The fraction of sp³-hybridized carbons (Fsp3) is 0.250. The second-order valence-corrected chi connectivity index (χ2v) is 6.86. The highest BCUT2D eigenvalue weighted by Gasteiger charge is 2.14. The van der Waals surface area contributed by atoms with E-state index in [1.165, 1.54) is 0 Å². The number of rotatable bonds is 5. The minimum atomic E-state index is -0.276. The molecule has 1 unspecified atom stereocenters. The monoisotopic (exact) mass is 431 g/mol. The van der Waals surface area contributed by atoms with Crippen molar-refractivity contribution in [3.8, 4) is 5.75 Å². The molecule has 0 radical (unpaired) electrons. The zero-order chi connectivity index (χ0) is 15.4. The Labute approximate surface area is 146 Å². The minimum Gasteiger partial charge on any atom is -0.492 e. The number of hydrogen-bond donors (Lipinski definition) is 1. The second-order valence-electron chi connectivity index (χ2n) is 4.68. The van der Waals surface area contributed by atoms with Gasteiger partial charge in [0.25, 0.3) is 0 Å². The van der Waals surface area contributed by atoms with Crippen molar-refractivity contribution in [3.05, 3.63) is 61.5 Å². The molecule has 2 nitrogen and oxygen atoms in total. The Morgan fingerprint density at radius 2 is 1.95 bits per heavy atom. The summed E-state index contributed by atoms with van der Waals surface area (Å²) in [4.78, 5) is 0. The van der Waals surface area contributed by atoms with E-state index in [4.69, 9.17) is 22.1 Å². The Bertz CT molecular complexity index is 634. The molecule has 0 aliphatic carbocycles. The van der Waals surface area contributed by atoms with E-state index in [0.29, 0.717) is 11.6 Å². The van der Waals surface area contributed by atoms with Crippen LogP contribution in [0.2, 0.25) is 5.02 Å². The molecule has 0 saturated heterocycles. The molecule has 2 aromatic rings. The van der Waals surface area contributed by atoms with Crippen LogP contribution in [0.5, 0.6) is 5.75 Å². The van der Waals surface area contributed by atoms with Gasteiger partial charge in [-0.15, -0.1) is 0 Å². The molecule has 112 valence electrons. The molecule has 0 amide bonds. The van der Waals surface area contributed by atoms with Crippen LogP contribution in [0.25, 0.3) is 0 Å². The Kier molecular flexibility index (Phi) is 6.11. The van der Waals surface area contributed by atoms with Gasteiger partial charge in [0.05, 0.1) is 17.1 Å². The topological polar surface area (TPSA) is 35.2 Å². The van der Waals surface area contributed by atoms with Gasteiger partial charge in [0.15, 0.2) is 0 Å². The molecule has 0 aliphatic rings. The first-order valence-corrected chi connectivity index (χ1v) is 8.62. The minimum absolute atomic E-state index is 0.276.